The fourth-order valence-electron chi connectivity index (χ4n) is 1.09. The lowest BCUT2D eigenvalue weighted by atomic mass is 10.1. The van der Waals surface area contributed by atoms with Gasteiger partial charge in [0.2, 0.25) is 0 Å². The van der Waals surface area contributed by atoms with Crippen molar-refractivity contribution in [3.8, 4) is 0 Å². The van der Waals surface area contributed by atoms with Crippen LogP contribution in [0.5, 0.6) is 0 Å². The molecule has 1 aromatic carbocycles. The highest BCUT2D eigenvalue weighted by Crippen LogP contribution is 2.18. The molecule has 0 aromatic heterocycles. The number of carbonyl (C=O) groups is 1. The second-order valence-electron chi connectivity index (χ2n) is 2.85. The van der Waals surface area contributed by atoms with Gasteiger partial charge >= 0.3 is 5.97 Å². The number of nitrogens with zero attached hydrogens (tertiary/aromatic N) is 1. The molecule has 0 spiro atoms. The van der Waals surface area contributed by atoms with Crippen molar-refractivity contribution in [2.24, 2.45) is 5.73 Å². The molecule has 0 aliphatic rings. The highest BCUT2D eigenvalue weighted by molar-refractivity contribution is 5.77. The summed E-state index contributed by atoms with van der Waals surface area (Å²) in [5, 5.41) is 10.5. The molecule has 1 aromatic rings. The van der Waals surface area contributed by atoms with Crippen LogP contribution in [0.4, 0.5) is 5.69 Å². The first-order valence-electron chi connectivity index (χ1n) is 4.14. The maximum Gasteiger partial charge on any atom is 0.327 e. The van der Waals surface area contributed by atoms with E-state index in [1.807, 2.05) is 0 Å². The van der Waals surface area contributed by atoms with Crippen molar-refractivity contribution in [1.29, 1.82) is 0 Å². The molecule has 1 atom stereocenters. The number of nitro benzene ring substituents is 1. The number of hydrogen-bond donors (Lipinski definition) is 1. The van der Waals surface area contributed by atoms with Crippen LogP contribution in [0, 0.1) is 10.1 Å². The van der Waals surface area contributed by atoms with Crippen LogP contribution in [0.15, 0.2) is 24.3 Å². The van der Waals surface area contributed by atoms with Crippen LogP contribution in [-0.4, -0.2) is 18.0 Å². The number of benzene rings is 1. The van der Waals surface area contributed by atoms with Crippen LogP contribution in [0.1, 0.15) is 11.6 Å². The van der Waals surface area contributed by atoms with E-state index in [1.54, 1.807) is 0 Å². The van der Waals surface area contributed by atoms with Gasteiger partial charge in [0, 0.05) is 12.1 Å². The molecule has 0 heterocycles. The summed E-state index contributed by atoms with van der Waals surface area (Å²) in [5.74, 6) is -0.629. The molecule has 0 fully saturated rings. The third-order valence-electron chi connectivity index (χ3n) is 1.90. The van der Waals surface area contributed by atoms with Gasteiger partial charge in [-0.25, -0.2) is 0 Å². The van der Waals surface area contributed by atoms with Crippen LogP contribution < -0.4 is 5.73 Å². The van der Waals surface area contributed by atoms with Crippen molar-refractivity contribution in [2.75, 3.05) is 7.11 Å². The van der Waals surface area contributed by atoms with Crippen LogP contribution in [-0.2, 0) is 9.53 Å². The average Bonchev–Trinajstić information content (AvgIpc) is 2.27. The van der Waals surface area contributed by atoms with Crippen LogP contribution >= 0.6 is 0 Å². The summed E-state index contributed by atoms with van der Waals surface area (Å²) in [6, 6.07) is 4.59. The van der Waals surface area contributed by atoms with Gasteiger partial charge in [-0.1, -0.05) is 12.1 Å². The number of hydrogen-bond acceptors (Lipinski definition) is 5. The number of ether oxygens (including phenoxy) is 1. The lowest BCUT2D eigenvalue weighted by molar-refractivity contribution is -0.384. The maximum absolute atomic E-state index is 11.1. The third kappa shape index (κ3) is 2.50. The standard InChI is InChI=1S/C9H10N2O4/c1-15-9(12)8(10)6-3-2-4-7(5-6)11(13)14/h2-5,8H,10H2,1H3. The molecular formula is C9H10N2O4. The second-order valence-corrected chi connectivity index (χ2v) is 2.85. The van der Waals surface area contributed by atoms with E-state index >= 15 is 0 Å². The Morgan fingerprint density at radius 2 is 2.27 bits per heavy atom. The monoisotopic (exact) mass is 210 g/mol. The van der Waals surface area contributed by atoms with Crippen LogP contribution in [0.25, 0.3) is 0 Å². The molecule has 1 rings (SSSR count). The van der Waals surface area contributed by atoms with E-state index < -0.39 is 16.9 Å². The van der Waals surface area contributed by atoms with Gasteiger partial charge in [-0.3, -0.25) is 14.9 Å². The minimum atomic E-state index is -0.991. The maximum atomic E-state index is 11.1. The van der Waals surface area contributed by atoms with Crippen LogP contribution in [0.2, 0.25) is 0 Å². The first-order chi connectivity index (χ1) is 7.06. The van der Waals surface area contributed by atoms with Crippen molar-refractivity contribution >= 4 is 11.7 Å². The quantitative estimate of drug-likeness (QED) is 0.451. The Morgan fingerprint density at radius 3 is 2.80 bits per heavy atom. The molecule has 6 heteroatoms. The van der Waals surface area contributed by atoms with E-state index in [9.17, 15) is 14.9 Å². The van der Waals surface area contributed by atoms with E-state index in [1.165, 1.54) is 31.4 Å². The van der Waals surface area contributed by atoms with Crippen molar-refractivity contribution in [3.63, 3.8) is 0 Å². The largest absolute Gasteiger partial charge is 0.468 e. The summed E-state index contributed by atoms with van der Waals surface area (Å²) in [4.78, 5) is 21.0. The SMILES string of the molecule is COC(=O)C(N)c1cccc([N+](=O)[O-])c1. The first kappa shape index (κ1) is 11.1. The summed E-state index contributed by atoms with van der Waals surface area (Å²) in [6.45, 7) is 0. The summed E-state index contributed by atoms with van der Waals surface area (Å²) < 4.78 is 4.43. The predicted octanol–water partition coefficient (Wildman–Crippen LogP) is 0.768. The zero-order valence-electron chi connectivity index (χ0n) is 8.04. The minimum Gasteiger partial charge on any atom is -0.468 e. The van der Waals surface area contributed by atoms with Gasteiger partial charge < -0.3 is 10.5 Å². The lowest BCUT2D eigenvalue weighted by Crippen LogP contribution is -2.22. The van der Waals surface area contributed by atoms with E-state index in [0.717, 1.165) is 0 Å². The Labute approximate surface area is 85.8 Å². The van der Waals surface area contributed by atoms with Crippen molar-refractivity contribution < 1.29 is 14.5 Å². The molecule has 1 unspecified atom stereocenters. The number of nitro groups is 1. The molecule has 0 radical (unpaired) electrons. The lowest BCUT2D eigenvalue weighted by Gasteiger charge is -2.08. The average molecular weight is 210 g/mol. The molecule has 0 aliphatic carbocycles. The second kappa shape index (κ2) is 4.52. The van der Waals surface area contributed by atoms with Gasteiger partial charge in [0.15, 0.2) is 0 Å². The van der Waals surface area contributed by atoms with E-state index in [4.69, 9.17) is 5.73 Å². The number of esters is 1. The van der Waals surface area contributed by atoms with Gasteiger partial charge in [0.05, 0.1) is 12.0 Å². The molecule has 0 saturated heterocycles. The number of non-ortho nitro benzene ring substituents is 1. The predicted molar refractivity (Wildman–Crippen MR) is 52.0 cm³/mol. The van der Waals surface area contributed by atoms with Crippen LogP contribution in [0.3, 0.4) is 0 Å². The van der Waals surface area contributed by atoms with E-state index in [2.05, 4.69) is 4.74 Å². The molecule has 0 bridgehead atoms. The van der Waals surface area contributed by atoms with Gasteiger partial charge in [-0.05, 0) is 5.56 Å². The third-order valence-corrected chi connectivity index (χ3v) is 1.90. The molecule has 0 saturated carbocycles. The molecule has 6 nitrogen and oxygen atoms in total. The fourth-order valence-corrected chi connectivity index (χ4v) is 1.09. The van der Waals surface area contributed by atoms with Gasteiger partial charge in [0.1, 0.15) is 6.04 Å². The molecule has 15 heavy (non-hydrogen) atoms. The van der Waals surface area contributed by atoms with Crippen molar-refractivity contribution in [1.82, 2.24) is 0 Å². The zero-order valence-corrected chi connectivity index (χ0v) is 8.04. The van der Waals surface area contributed by atoms with Crippen molar-refractivity contribution in [3.05, 3.63) is 39.9 Å². The Balaban J connectivity index is 3.00. The summed E-state index contributed by atoms with van der Waals surface area (Å²) in [7, 11) is 1.21. The summed E-state index contributed by atoms with van der Waals surface area (Å²) >= 11 is 0. The Bertz CT molecular complexity index is 391. The number of methoxy groups -OCH3 is 1. The van der Waals surface area contributed by atoms with Gasteiger partial charge in [0.25, 0.3) is 5.69 Å². The summed E-state index contributed by atoms with van der Waals surface area (Å²) in [6.07, 6.45) is 0. The molecular weight excluding hydrogens is 200 g/mol. The van der Waals surface area contributed by atoms with E-state index in [0.29, 0.717) is 5.56 Å². The molecule has 80 valence electrons. The topological polar surface area (TPSA) is 95.5 Å². The number of rotatable bonds is 3. The van der Waals surface area contributed by atoms with E-state index in [-0.39, 0.29) is 5.69 Å². The Kier molecular flexibility index (Phi) is 3.35. The smallest absolute Gasteiger partial charge is 0.327 e. The highest BCUT2D eigenvalue weighted by atomic mass is 16.6. The minimum absolute atomic E-state index is 0.105. The molecule has 2 N–H and O–H groups in total. The fraction of sp³-hybridized carbons (Fsp3) is 0.222. The molecule has 0 aliphatic heterocycles. The normalized spacial score (nSPS) is 11.9. The van der Waals surface area contributed by atoms with Gasteiger partial charge in [-0.15, -0.1) is 0 Å². The van der Waals surface area contributed by atoms with Gasteiger partial charge in [-0.2, -0.15) is 0 Å². The summed E-state index contributed by atoms with van der Waals surface area (Å²) in [5.41, 5.74) is 5.77. The molecule has 0 amide bonds. The Hall–Kier alpha value is -1.95. The number of carbonyl (C=O) groups excluding carboxylic acids is 1. The number of nitrogens with two attached hydrogens (primary N) is 1. The zero-order chi connectivity index (χ0) is 11.4. The first-order valence-corrected chi connectivity index (χ1v) is 4.14. The highest BCUT2D eigenvalue weighted by Gasteiger charge is 2.18. The Morgan fingerprint density at radius 1 is 1.60 bits per heavy atom. The van der Waals surface area contributed by atoms with Crippen molar-refractivity contribution in [2.45, 2.75) is 6.04 Å².